The molecule has 0 saturated carbocycles. The van der Waals surface area contributed by atoms with E-state index in [4.69, 9.17) is 5.73 Å². The van der Waals surface area contributed by atoms with E-state index in [9.17, 15) is 9.59 Å². The Morgan fingerprint density at radius 2 is 2.00 bits per heavy atom. The Bertz CT molecular complexity index is 564. The van der Waals surface area contributed by atoms with Crippen molar-refractivity contribution >= 4 is 11.8 Å². The van der Waals surface area contributed by atoms with E-state index in [1.54, 1.807) is 17.3 Å². The number of hydrogen-bond donors (Lipinski definition) is 2. The van der Waals surface area contributed by atoms with E-state index >= 15 is 0 Å². The lowest BCUT2D eigenvalue weighted by atomic mass is 10.1. The average molecular weight is 285 g/mol. The van der Waals surface area contributed by atoms with Crippen molar-refractivity contribution in [2.45, 2.75) is 12.8 Å². The van der Waals surface area contributed by atoms with Crippen molar-refractivity contribution in [1.82, 2.24) is 10.2 Å². The van der Waals surface area contributed by atoms with Gasteiger partial charge in [-0.1, -0.05) is 36.4 Å². The lowest BCUT2D eigenvalue weighted by Crippen LogP contribution is -2.34. The number of nitrogens with zero attached hydrogens (tertiary/aromatic N) is 1. The molecule has 3 N–H and O–H groups in total. The molecule has 0 saturated heterocycles. The van der Waals surface area contributed by atoms with Crippen LogP contribution in [0.2, 0.25) is 0 Å². The number of carbonyl (C=O) groups is 2. The summed E-state index contributed by atoms with van der Waals surface area (Å²) in [6.07, 6.45) is 6.53. The van der Waals surface area contributed by atoms with Crippen LogP contribution in [0.3, 0.4) is 0 Å². The van der Waals surface area contributed by atoms with Crippen molar-refractivity contribution in [1.29, 1.82) is 0 Å². The van der Waals surface area contributed by atoms with E-state index in [0.717, 1.165) is 6.42 Å². The maximum Gasteiger partial charge on any atom is 0.246 e. The summed E-state index contributed by atoms with van der Waals surface area (Å²) >= 11 is 0. The van der Waals surface area contributed by atoms with Crippen LogP contribution in [0.15, 0.2) is 54.4 Å². The molecule has 2 amide bonds. The van der Waals surface area contributed by atoms with Crippen LogP contribution in [0, 0.1) is 0 Å². The van der Waals surface area contributed by atoms with E-state index in [1.807, 2.05) is 36.4 Å². The lowest BCUT2D eigenvalue weighted by molar-refractivity contribution is -0.121. The van der Waals surface area contributed by atoms with Gasteiger partial charge in [-0.15, -0.1) is 0 Å². The minimum atomic E-state index is -0.450. The van der Waals surface area contributed by atoms with Gasteiger partial charge < -0.3 is 16.0 Å². The van der Waals surface area contributed by atoms with E-state index in [2.05, 4.69) is 5.32 Å². The van der Waals surface area contributed by atoms with Crippen molar-refractivity contribution < 1.29 is 9.59 Å². The Morgan fingerprint density at radius 1 is 1.24 bits per heavy atom. The smallest absolute Gasteiger partial charge is 0.246 e. The van der Waals surface area contributed by atoms with Gasteiger partial charge in [-0.3, -0.25) is 9.59 Å². The van der Waals surface area contributed by atoms with Gasteiger partial charge in [0.2, 0.25) is 11.8 Å². The molecule has 0 spiro atoms. The van der Waals surface area contributed by atoms with Crippen molar-refractivity contribution in [2.24, 2.45) is 5.73 Å². The van der Waals surface area contributed by atoms with Crippen LogP contribution in [0.4, 0.5) is 0 Å². The second-order valence-corrected chi connectivity index (χ2v) is 4.87. The third-order valence-electron chi connectivity index (χ3n) is 3.18. The summed E-state index contributed by atoms with van der Waals surface area (Å²) in [4.78, 5) is 24.6. The van der Waals surface area contributed by atoms with Gasteiger partial charge in [0.25, 0.3) is 0 Å². The van der Waals surface area contributed by atoms with Gasteiger partial charge in [-0.25, -0.2) is 0 Å². The SMILES string of the molecule is NC(=O)C1=CN(CC(=O)NCCc2ccccc2)C=CC1. The first-order chi connectivity index (χ1) is 10.1. The zero-order valence-electron chi connectivity index (χ0n) is 11.8. The number of benzene rings is 1. The highest BCUT2D eigenvalue weighted by atomic mass is 16.2. The Morgan fingerprint density at radius 3 is 2.71 bits per heavy atom. The molecule has 1 heterocycles. The lowest BCUT2D eigenvalue weighted by Gasteiger charge is -2.19. The van der Waals surface area contributed by atoms with Crippen LogP contribution < -0.4 is 11.1 Å². The van der Waals surface area contributed by atoms with Crippen molar-refractivity contribution in [3.63, 3.8) is 0 Å². The predicted molar refractivity (Wildman–Crippen MR) is 80.9 cm³/mol. The Kier molecular flexibility index (Phi) is 5.15. The summed E-state index contributed by atoms with van der Waals surface area (Å²) in [6.45, 7) is 0.773. The summed E-state index contributed by atoms with van der Waals surface area (Å²) in [5, 5.41) is 2.86. The second kappa shape index (κ2) is 7.28. The maximum atomic E-state index is 11.8. The molecular weight excluding hydrogens is 266 g/mol. The first kappa shape index (κ1) is 14.8. The number of carbonyl (C=O) groups excluding carboxylic acids is 2. The third-order valence-corrected chi connectivity index (χ3v) is 3.18. The summed E-state index contributed by atoms with van der Waals surface area (Å²) < 4.78 is 0. The van der Waals surface area contributed by atoms with E-state index in [0.29, 0.717) is 18.5 Å². The summed E-state index contributed by atoms with van der Waals surface area (Å²) in [7, 11) is 0. The number of nitrogens with two attached hydrogens (primary N) is 1. The van der Waals surface area contributed by atoms with Crippen LogP contribution in [-0.4, -0.2) is 29.8 Å². The highest BCUT2D eigenvalue weighted by Gasteiger charge is 2.12. The molecule has 0 bridgehead atoms. The fourth-order valence-electron chi connectivity index (χ4n) is 2.09. The highest BCUT2D eigenvalue weighted by Crippen LogP contribution is 2.10. The Balaban J connectivity index is 1.76. The minimum Gasteiger partial charge on any atom is -0.366 e. The molecule has 0 radical (unpaired) electrons. The molecule has 0 aliphatic carbocycles. The zero-order valence-corrected chi connectivity index (χ0v) is 11.8. The number of hydrogen-bond acceptors (Lipinski definition) is 3. The van der Waals surface area contributed by atoms with Crippen molar-refractivity contribution in [3.05, 3.63) is 59.9 Å². The quantitative estimate of drug-likeness (QED) is 0.816. The molecule has 1 aliphatic rings. The standard InChI is InChI=1S/C16H19N3O2/c17-16(21)14-7-4-10-19(11-14)12-15(20)18-9-8-13-5-2-1-3-6-13/h1-6,10-11H,7-9,12H2,(H2,17,21)(H,18,20). The molecule has 1 aromatic carbocycles. The fraction of sp³-hybridized carbons (Fsp3) is 0.250. The van der Waals surface area contributed by atoms with Gasteiger partial charge >= 0.3 is 0 Å². The highest BCUT2D eigenvalue weighted by molar-refractivity contribution is 5.92. The van der Waals surface area contributed by atoms with Crippen molar-refractivity contribution in [2.75, 3.05) is 13.1 Å². The van der Waals surface area contributed by atoms with Crippen LogP contribution in [0.25, 0.3) is 0 Å². The fourth-order valence-corrected chi connectivity index (χ4v) is 2.09. The predicted octanol–water partition coefficient (Wildman–Crippen LogP) is 0.934. The normalized spacial score (nSPS) is 13.7. The van der Waals surface area contributed by atoms with Crippen molar-refractivity contribution in [3.8, 4) is 0 Å². The number of rotatable bonds is 6. The van der Waals surface area contributed by atoms with Gasteiger partial charge in [0.15, 0.2) is 0 Å². The molecule has 5 nitrogen and oxygen atoms in total. The summed E-state index contributed by atoms with van der Waals surface area (Å²) in [5.41, 5.74) is 6.93. The van der Waals surface area contributed by atoms with Crippen LogP contribution >= 0.6 is 0 Å². The minimum absolute atomic E-state index is 0.0856. The molecule has 0 unspecified atom stereocenters. The summed E-state index contributed by atoms with van der Waals surface area (Å²) in [5.74, 6) is -0.536. The number of amides is 2. The van der Waals surface area contributed by atoms with Gasteiger partial charge in [0, 0.05) is 24.5 Å². The molecule has 1 aliphatic heterocycles. The monoisotopic (exact) mass is 285 g/mol. The first-order valence-corrected chi connectivity index (χ1v) is 6.88. The van der Waals surface area contributed by atoms with Crippen LogP contribution in [-0.2, 0) is 16.0 Å². The number of allylic oxidation sites excluding steroid dienone is 1. The molecular formula is C16H19N3O2. The van der Waals surface area contributed by atoms with E-state index in [-0.39, 0.29) is 12.5 Å². The Labute approximate surface area is 124 Å². The van der Waals surface area contributed by atoms with Gasteiger partial charge in [-0.05, 0) is 18.4 Å². The van der Waals surface area contributed by atoms with Crippen LogP contribution in [0.5, 0.6) is 0 Å². The van der Waals surface area contributed by atoms with E-state index in [1.165, 1.54) is 5.56 Å². The topological polar surface area (TPSA) is 75.4 Å². The average Bonchev–Trinajstić information content (AvgIpc) is 2.48. The van der Waals surface area contributed by atoms with Gasteiger partial charge in [0.05, 0.1) is 0 Å². The maximum absolute atomic E-state index is 11.8. The third kappa shape index (κ3) is 4.80. The molecule has 2 rings (SSSR count). The first-order valence-electron chi connectivity index (χ1n) is 6.88. The number of nitrogens with one attached hydrogen (secondary N) is 1. The summed E-state index contributed by atoms with van der Waals surface area (Å²) in [6, 6.07) is 9.98. The molecule has 5 heteroatoms. The van der Waals surface area contributed by atoms with Crippen LogP contribution in [0.1, 0.15) is 12.0 Å². The molecule has 0 aromatic heterocycles. The molecule has 0 fully saturated rings. The molecule has 21 heavy (non-hydrogen) atoms. The molecule has 110 valence electrons. The zero-order chi connectivity index (χ0) is 15.1. The van der Waals surface area contributed by atoms with Gasteiger partial charge in [0.1, 0.15) is 6.54 Å². The molecule has 0 atom stereocenters. The second-order valence-electron chi connectivity index (χ2n) is 4.87. The van der Waals surface area contributed by atoms with E-state index < -0.39 is 5.91 Å². The van der Waals surface area contributed by atoms with Gasteiger partial charge in [-0.2, -0.15) is 0 Å². The molecule has 1 aromatic rings. The number of primary amides is 1. The Hall–Kier alpha value is -2.56. The largest absolute Gasteiger partial charge is 0.366 e.